The highest BCUT2D eigenvalue weighted by Crippen LogP contribution is 2.11. The summed E-state index contributed by atoms with van der Waals surface area (Å²) in [5.74, 6) is -0.0941. The lowest BCUT2D eigenvalue weighted by atomic mass is 10.2. The number of carbonyl (C=O) groups excluding carboxylic acids is 1. The number of amides is 1. The first-order valence-electron chi connectivity index (χ1n) is 7.27. The maximum Gasteiger partial charge on any atom is 0.263 e. The molecule has 0 spiro atoms. The van der Waals surface area contributed by atoms with Crippen LogP contribution in [0.1, 0.15) is 21.7 Å². The van der Waals surface area contributed by atoms with E-state index in [2.05, 4.69) is 20.4 Å². The number of aromatic nitrogens is 4. The number of aromatic amines is 1. The van der Waals surface area contributed by atoms with Gasteiger partial charge in [-0.2, -0.15) is 5.10 Å². The lowest BCUT2D eigenvalue weighted by Crippen LogP contribution is -2.27. The molecular weight excluding hydrogens is 306 g/mol. The Hall–Kier alpha value is -3.48. The van der Waals surface area contributed by atoms with E-state index in [4.69, 9.17) is 0 Å². The summed E-state index contributed by atoms with van der Waals surface area (Å²) in [7, 11) is 1.46. The molecule has 2 N–H and O–H groups in total. The molecule has 3 rings (SSSR count). The molecule has 24 heavy (non-hydrogen) atoms. The van der Waals surface area contributed by atoms with Crippen LogP contribution in [0.15, 0.2) is 53.7 Å². The molecule has 0 aliphatic heterocycles. The summed E-state index contributed by atoms with van der Waals surface area (Å²) in [6.45, 7) is 0. The van der Waals surface area contributed by atoms with Gasteiger partial charge in [-0.15, -0.1) is 0 Å². The highest BCUT2D eigenvalue weighted by Gasteiger charge is 2.08. The number of hydrogen-bond donors (Lipinski definition) is 2. The summed E-state index contributed by atoms with van der Waals surface area (Å²) in [5.41, 5.74) is 1.37. The average molecular weight is 321 g/mol. The van der Waals surface area contributed by atoms with Crippen LogP contribution in [0, 0.1) is 0 Å². The van der Waals surface area contributed by atoms with Crippen LogP contribution in [0.4, 0.5) is 0 Å². The molecule has 1 amide bonds. The van der Waals surface area contributed by atoms with E-state index in [0.717, 1.165) is 11.3 Å². The summed E-state index contributed by atoms with van der Waals surface area (Å²) in [4.78, 5) is 30.0. The van der Waals surface area contributed by atoms with Gasteiger partial charge >= 0.3 is 0 Å². The lowest BCUT2D eigenvalue weighted by molar-refractivity contribution is 0.0961. The molecule has 2 aromatic heterocycles. The fourth-order valence-corrected chi connectivity index (χ4v) is 2.16. The zero-order valence-corrected chi connectivity index (χ0v) is 12.9. The Bertz CT molecular complexity index is 942. The molecule has 1 aromatic carbocycles. The van der Waals surface area contributed by atoms with Crippen molar-refractivity contribution in [2.75, 3.05) is 7.05 Å². The van der Waals surface area contributed by atoms with Crippen LogP contribution in [0.2, 0.25) is 0 Å². The summed E-state index contributed by atoms with van der Waals surface area (Å²) in [5, 5.41) is 6.58. The number of nitrogens with one attached hydrogen (secondary N) is 2. The number of benzene rings is 1. The van der Waals surface area contributed by atoms with Crippen molar-refractivity contribution in [2.45, 2.75) is 0 Å². The molecule has 7 nitrogen and oxygen atoms in total. The third kappa shape index (κ3) is 3.30. The van der Waals surface area contributed by atoms with Crippen molar-refractivity contribution >= 4 is 18.1 Å². The molecule has 120 valence electrons. The zero-order chi connectivity index (χ0) is 16.9. The summed E-state index contributed by atoms with van der Waals surface area (Å²) in [6, 6.07) is 9.61. The molecular formula is C17H15N5O2. The van der Waals surface area contributed by atoms with Crippen LogP contribution in [-0.2, 0) is 0 Å². The van der Waals surface area contributed by atoms with Gasteiger partial charge in [0.05, 0.1) is 5.69 Å². The van der Waals surface area contributed by atoms with Crippen molar-refractivity contribution in [1.29, 1.82) is 0 Å². The standard InChI is InChI=1S/C17H15N5O2/c1-18-16(23)14-11-19-15(21-17(14)24)7-6-12-4-2-5-13(10-12)22-9-3-8-20-22/h2-11H,1H3,(H,18,23)(H,19,21,24)/b7-6+. The first kappa shape index (κ1) is 15.4. The third-order valence-electron chi connectivity index (χ3n) is 3.36. The average Bonchev–Trinajstić information content (AvgIpc) is 3.14. The van der Waals surface area contributed by atoms with E-state index in [0.29, 0.717) is 5.82 Å². The minimum atomic E-state index is -0.478. The van der Waals surface area contributed by atoms with E-state index in [1.807, 2.05) is 42.6 Å². The van der Waals surface area contributed by atoms with E-state index in [9.17, 15) is 9.59 Å². The molecule has 0 atom stereocenters. The van der Waals surface area contributed by atoms with Crippen LogP contribution in [0.25, 0.3) is 17.8 Å². The highest BCUT2D eigenvalue weighted by atomic mass is 16.2. The smallest absolute Gasteiger partial charge is 0.263 e. The quantitative estimate of drug-likeness (QED) is 0.761. The van der Waals surface area contributed by atoms with Crippen molar-refractivity contribution in [3.8, 4) is 5.69 Å². The maximum absolute atomic E-state index is 11.9. The zero-order valence-electron chi connectivity index (χ0n) is 12.9. The van der Waals surface area contributed by atoms with Crippen LogP contribution in [0.5, 0.6) is 0 Å². The molecule has 0 saturated heterocycles. The van der Waals surface area contributed by atoms with Gasteiger partial charge in [-0.1, -0.05) is 18.2 Å². The Morgan fingerprint density at radius 3 is 2.88 bits per heavy atom. The maximum atomic E-state index is 11.9. The number of rotatable bonds is 4. The minimum absolute atomic E-state index is 0.0182. The van der Waals surface area contributed by atoms with Crippen LogP contribution in [0.3, 0.4) is 0 Å². The molecule has 0 bridgehead atoms. The van der Waals surface area contributed by atoms with Crippen molar-refractivity contribution in [2.24, 2.45) is 0 Å². The molecule has 2 heterocycles. The van der Waals surface area contributed by atoms with Crippen molar-refractivity contribution in [1.82, 2.24) is 25.1 Å². The van der Waals surface area contributed by atoms with Crippen LogP contribution in [-0.4, -0.2) is 32.7 Å². The summed E-state index contributed by atoms with van der Waals surface area (Å²) in [6.07, 6.45) is 8.34. The molecule has 0 aliphatic rings. The van der Waals surface area contributed by atoms with Gasteiger partial charge in [-0.3, -0.25) is 9.59 Å². The Morgan fingerprint density at radius 1 is 1.29 bits per heavy atom. The molecule has 0 radical (unpaired) electrons. The van der Waals surface area contributed by atoms with Crippen molar-refractivity contribution < 1.29 is 4.79 Å². The molecule has 3 aromatic rings. The minimum Gasteiger partial charge on any atom is -0.355 e. The van der Waals surface area contributed by atoms with Gasteiger partial charge in [0.1, 0.15) is 11.4 Å². The second kappa shape index (κ2) is 6.74. The van der Waals surface area contributed by atoms with E-state index in [1.54, 1.807) is 17.0 Å². The van der Waals surface area contributed by atoms with Gasteiger partial charge in [0.2, 0.25) is 0 Å². The highest BCUT2D eigenvalue weighted by molar-refractivity contribution is 5.93. The fourth-order valence-electron chi connectivity index (χ4n) is 2.16. The Labute approximate surface area is 137 Å². The van der Waals surface area contributed by atoms with E-state index >= 15 is 0 Å². The second-order valence-corrected chi connectivity index (χ2v) is 4.97. The fraction of sp³-hybridized carbons (Fsp3) is 0.0588. The lowest BCUT2D eigenvalue weighted by Gasteiger charge is -2.02. The summed E-state index contributed by atoms with van der Waals surface area (Å²) >= 11 is 0. The Morgan fingerprint density at radius 2 is 2.17 bits per heavy atom. The molecule has 7 heteroatoms. The van der Waals surface area contributed by atoms with E-state index in [1.165, 1.54) is 13.2 Å². The monoisotopic (exact) mass is 321 g/mol. The molecule has 0 aliphatic carbocycles. The van der Waals surface area contributed by atoms with Gasteiger partial charge < -0.3 is 10.3 Å². The van der Waals surface area contributed by atoms with Crippen molar-refractivity contribution in [3.05, 3.63) is 76.2 Å². The Kier molecular flexibility index (Phi) is 4.33. The first-order valence-corrected chi connectivity index (χ1v) is 7.27. The SMILES string of the molecule is CNC(=O)c1cnc(/C=C/c2cccc(-n3cccn3)c2)[nH]c1=O. The predicted octanol–water partition coefficient (Wildman–Crippen LogP) is 1.49. The third-order valence-corrected chi connectivity index (χ3v) is 3.36. The second-order valence-electron chi connectivity index (χ2n) is 4.97. The van der Waals surface area contributed by atoms with Gasteiger partial charge in [0.25, 0.3) is 11.5 Å². The first-order chi connectivity index (χ1) is 11.7. The largest absolute Gasteiger partial charge is 0.355 e. The van der Waals surface area contributed by atoms with Crippen molar-refractivity contribution in [3.63, 3.8) is 0 Å². The number of H-pyrrole nitrogens is 1. The number of hydrogen-bond acceptors (Lipinski definition) is 4. The van der Waals surface area contributed by atoms with Gasteiger partial charge in [0.15, 0.2) is 0 Å². The Balaban J connectivity index is 1.84. The molecule has 0 saturated carbocycles. The van der Waals surface area contributed by atoms with Crippen LogP contribution >= 0.6 is 0 Å². The topological polar surface area (TPSA) is 92.7 Å². The van der Waals surface area contributed by atoms with Crippen LogP contribution < -0.4 is 10.9 Å². The van der Waals surface area contributed by atoms with E-state index < -0.39 is 11.5 Å². The van der Waals surface area contributed by atoms with Gasteiger partial charge in [-0.25, -0.2) is 9.67 Å². The number of nitrogens with zero attached hydrogens (tertiary/aromatic N) is 3. The normalized spacial score (nSPS) is 10.9. The molecule has 0 fully saturated rings. The number of carbonyl (C=O) groups is 1. The van der Waals surface area contributed by atoms with Gasteiger partial charge in [0, 0.05) is 25.6 Å². The van der Waals surface area contributed by atoms with E-state index in [-0.39, 0.29) is 5.56 Å². The molecule has 0 unspecified atom stereocenters. The van der Waals surface area contributed by atoms with Gasteiger partial charge in [-0.05, 0) is 29.8 Å². The summed E-state index contributed by atoms with van der Waals surface area (Å²) < 4.78 is 1.76. The predicted molar refractivity (Wildman–Crippen MR) is 90.7 cm³/mol.